The van der Waals surface area contributed by atoms with Crippen LogP contribution in [0.4, 0.5) is 0 Å². The maximum atomic E-state index is 6.36. The molecule has 2 saturated carbocycles. The zero-order chi connectivity index (χ0) is 32.6. The standard InChI is InChI=1S/C39H76N4O2/c1-10-40-23-25-41(26-24-40)21-19-37(33-11-15-35(16-12-33)44-31(4)5)38(34-13-17-36(18-14-34)45-32(6)7)20-22-43-28-27-42(30(2)3)29-39(43,8)9/h30-38H,10-29H2,1-9H3/t33-,34-,35-,36-,37?,38?. The summed E-state index contributed by atoms with van der Waals surface area (Å²) in [6.07, 6.45) is 14.9. The van der Waals surface area contributed by atoms with Crippen LogP contribution < -0.4 is 0 Å². The first-order valence-corrected chi connectivity index (χ1v) is 19.7. The lowest BCUT2D eigenvalue weighted by atomic mass is 9.64. The highest BCUT2D eigenvalue weighted by atomic mass is 16.5. The largest absolute Gasteiger partial charge is 0.376 e. The van der Waals surface area contributed by atoms with Gasteiger partial charge in [-0.2, -0.15) is 0 Å². The van der Waals surface area contributed by atoms with E-state index in [1.165, 1.54) is 130 Å². The molecule has 4 rings (SSSR count). The summed E-state index contributed by atoms with van der Waals surface area (Å²) in [7, 11) is 0. The molecule has 6 nitrogen and oxygen atoms in total. The van der Waals surface area contributed by atoms with Crippen molar-refractivity contribution in [2.24, 2.45) is 23.7 Å². The van der Waals surface area contributed by atoms with Gasteiger partial charge in [-0.15, -0.1) is 0 Å². The Morgan fingerprint density at radius 3 is 1.49 bits per heavy atom. The zero-order valence-corrected chi connectivity index (χ0v) is 31.4. The molecule has 0 bridgehead atoms. The van der Waals surface area contributed by atoms with Crippen molar-refractivity contribution >= 4 is 0 Å². The van der Waals surface area contributed by atoms with Gasteiger partial charge in [0, 0.05) is 57.4 Å². The van der Waals surface area contributed by atoms with E-state index in [9.17, 15) is 0 Å². The van der Waals surface area contributed by atoms with Crippen molar-refractivity contribution in [1.29, 1.82) is 0 Å². The summed E-state index contributed by atoms with van der Waals surface area (Å²) in [4.78, 5) is 11.0. The van der Waals surface area contributed by atoms with Crippen LogP contribution in [0.5, 0.6) is 0 Å². The molecule has 2 heterocycles. The minimum atomic E-state index is 0.247. The number of piperazine rings is 2. The summed E-state index contributed by atoms with van der Waals surface area (Å²) in [6.45, 7) is 33.3. The lowest BCUT2D eigenvalue weighted by Crippen LogP contribution is -2.60. The number of likely N-dealkylation sites (N-methyl/N-ethyl adjacent to an activating group) is 1. The van der Waals surface area contributed by atoms with Crippen molar-refractivity contribution < 1.29 is 9.47 Å². The monoisotopic (exact) mass is 633 g/mol. The second-order valence-electron chi connectivity index (χ2n) is 17.0. The van der Waals surface area contributed by atoms with Gasteiger partial charge in [0.1, 0.15) is 0 Å². The molecule has 0 amide bonds. The van der Waals surface area contributed by atoms with E-state index in [1.54, 1.807) is 0 Å². The Labute approximate surface area is 280 Å². The zero-order valence-electron chi connectivity index (χ0n) is 31.4. The maximum absolute atomic E-state index is 6.36. The Hall–Kier alpha value is -0.240. The Kier molecular flexibility index (Phi) is 15.0. The molecule has 0 spiro atoms. The molecule has 0 aromatic rings. The fraction of sp³-hybridized carbons (Fsp3) is 1.00. The lowest BCUT2D eigenvalue weighted by Gasteiger charge is -2.50. The molecule has 2 atom stereocenters. The average Bonchev–Trinajstić information content (AvgIpc) is 2.99. The van der Waals surface area contributed by atoms with Crippen LogP contribution in [-0.4, -0.2) is 121 Å². The number of ether oxygens (including phenoxy) is 2. The first-order chi connectivity index (χ1) is 21.4. The van der Waals surface area contributed by atoms with Crippen LogP contribution in [0, 0.1) is 23.7 Å². The normalized spacial score (nSPS) is 31.2. The highest BCUT2D eigenvalue weighted by Gasteiger charge is 2.40. The van der Waals surface area contributed by atoms with Crippen LogP contribution in [0.2, 0.25) is 0 Å². The molecule has 0 N–H and O–H groups in total. The molecule has 6 heteroatoms. The third kappa shape index (κ3) is 11.4. The predicted molar refractivity (Wildman–Crippen MR) is 191 cm³/mol. The van der Waals surface area contributed by atoms with Crippen LogP contribution in [-0.2, 0) is 9.47 Å². The molecule has 4 aliphatic rings. The van der Waals surface area contributed by atoms with E-state index in [2.05, 4.69) is 81.9 Å². The number of rotatable bonds is 15. The van der Waals surface area contributed by atoms with Crippen molar-refractivity contribution in [2.75, 3.05) is 65.4 Å². The van der Waals surface area contributed by atoms with Crippen molar-refractivity contribution in [3.05, 3.63) is 0 Å². The average molecular weight is 633 g/mol. The Morgan fingerprint density at radius 1 is 0.600 bits per heavy atom. The van der Waals surface area contributed by atoms with Crippen LogP contribution in [0.1, 0.15) is 127 Å². The highest BCUT2D eigenvalue weighted by molar-refractivity contribution is 4.94. The third-order valence-electron chi connectivity index (χ3n) is 12.4. The van der Waals surface area contributed by atoms with E-state index in [4.69, 9.17) is 9.47 Å². The van der Waals surface area contributed by atoms with Crippen LogP contribution in [0.15, 0.2) is 0 Å². The second-order valence-corrected chi connectivity index (χ2v) is 17.0. The summed E-state index contributed by atoms with van der Waals surface area (Å²) < 4.78 is 12.7. The first kappa shape index (κ1) is 37.6. The maximum Gasteiger partial charge on any atom is 0.0578 e. The minimum absolute atomic E-state index is 0.247. The summed E-state index contributed by atoms with van der Waals surface area (Å²) in [5, 5.41) is 0. The second kappa shape index (κ2) is 18.0. The van der Waals surface area contributed by atoms with Crippen molar-refractivity contribution in [2.45, 2.75) is 163 Å². The predicted octanol–water partition coefficient (Wildman–Crippen LogP) is 7.41. The quantitative estimate of drug-likeness (QED) is 0.187. The minimum Gasteiger partial charge on any atom is -0.376 e. The van der Waals surface area contributed by atoms with E-state index < -0.39 is 0 Å². The summed E-state index contributed by atoms with van der Waals surface area (Å²) in [6, 6.07) is 0.640. The van der Waals surface area contributed by atoms with Gasteiger partial charge in [0.25, 0.3) is 0 Å². The van der Waals surface area contributed by atoms with Crippen LogP contribution >= 0.6 is 0 Å². The van der Waals surface area contributed by atoms with E-state index in [1.807, 2.05) is 0 Å². The summed E-state index contributed by atoms with van der Waals surface area (Å²) >= 11 is 0. The summed E-state index contributed by atoms with van der Waals surface area (Å²) in [5.74, 6) is 3.37. The Morgan fingerprint density at radius 2 is 1.07 bits per heavy atom. The molecule has 45 heavy (non-hydrogen) atoms. The smallest absolute Gasteiger partial charge is 0.0578 e. The fourth-order valence-electron chi connectivity index (χ4n) is 9.72. The van der Waals surface area contributed by atoms with Gasteiger partial charge in [-0.25, -0.2) is 0 Å². The van der Waals surface area contributed by atoms with Crippen molar-refractivity contribution in [1.82, 2.24) is 19.6 Å². The summed E-state index contributed by atoms with van der Waals surface area (Å²) in [5.41, 5.74) is 0.247. The highest BCUT2D eigenvalue weighted by Crippen LogP contribution is 2.45. The molecule has 4 fully saturated rings. The molecule has 0 aromatic heterocycles. The van der Waals surface area contributed by atoms with Gasteiger partial charge in [-0.05, 0) is 163 Å². The Bertz CT molecular complexity index is 810. The third-order valence-corrected chi connectivity index (χ3v) is 12.4. The number of hydrogen-bond donors (Lipinski definition) is 0. The van der Waals surface area contributed by atoms with Gasteiger partial charge >= 0.3 is 0 Å². The number of hydrogen-bond acceptors (Lipinski definition) is 6. The first-order valence-electron chi connectivity index (χ1n) is 19.7. The van der Waals surface area contributed by atoms with Gasteiger partial charge in [0.05, 0.1) is 24.4 Å². The Balaban J connectivity index is 1.50. The fourth-order valence-corrected chi connectivity index (χ4v) is 9.72. The molecular formula is C39H76N4O2. The molecular weight excluding hydrogens is 556 g/mol. The van der Waals surface area contributed by atoms with Gasteiger partial charge in [0.15, 0.2) is 0 Å². The van der Waals surface area contributed by atoms with Gasteiger partial charge in [-0.1, -0.05) is 6.92 Å². The van der Waals surface area contributed by atoms with Gasteiger partial charge < -0.3 is 19.3 Å². The van der Waals surface area contributed by atoms with Crippen LogP contribution in [0.3, 0.4) is 0 Å². The van der Waals surface area contributed by atoms with E-state index >= 15 is 0 Å². The van der Waals surface area contributed by atoms with E-state index in [0.717, 1.165) is 23.7 Å². The molecule has 264 valence electrons. The topological polar surface area (TPSA) is 31.4 Å². The van der Waals surface area contributed by atoms with Crippen molar-refractivity contribution in [3.63, 3.8) is 0 Å². The molecule has 0 aromatic carbocycles. The van der Waals surface area contributed by atoms with Gasteiger partial charge in [0.2, 0.25) is 0 Å². The van der Waals surface area contributed by atoms with Crippen LogP contribution in [0.25, 0.3) is 0 Å². The molecule has 2 aliphatic heterocycles. The van der Waals surface area contributed by atoms with Gasteiger partial charge in [-0.3, -0.25) is 9.80 Å². The lowest BCUT2D eigenvalue weighted by molar-refractivity contribution is -0.0471. The SMILES string of the molecule is CCN1CCN(CCC(C(CCN2CCN(C(C)C)CC2(C)C)[C@H]2CC[C@H](OC(C)C)CC2)[C@H]2CC[C@H](OC(C)C)CC2)CC1. The molecule has 2 aliphatic carbocycles. The van der Waals surface area contributed by atoms with E-state index in [0.29, 0.717) is 30.5 Å². The molecule has 2 saturated heterocycles. The van der Waals surface area contributed by atoms with Crippen molar-refractivity contribution in [3.8, 4) is 0 Å². The molecule has 2 unspecified atom stereocenters. The molecule has 0 radical (unpaired) electrons. The number of nitrogens with zero attached hydrogens (tertiary/aromatic N) is 4. The van der Waals surface area contributed by atoms with E-state index in [-0.39, 0.29) is 5.54 Å².